The number of aliphatic hydroxyl groups excluding tert-OH is 1. The van der Waals surface area contributed by atoms with Crippen LogP contribution >= 0.6 is 0 Å². The average molecular weight is 1270 g/mol. The van der Waals surface area contributed by atoms with Crippen molar-refractivity contribution in [1.29, 1.82) is 0 Å². The van der Waals surface area contributed by atoms with Crippen molar-refractivity contribution in [3.8, 4) is 0 Å². The molecule has 5 heteroatoms. The second kappa shape index (κ2) is 80.8. The monoisotopic (exact) mass is 1270 g/mol. The first-order valence-corrected chi connectivity index (χ1v) is 39.0. The molecule has 92 heavy (non-hydrogen) atoms. The summed E-state index contributed by atoms with van der Waals surface area (Å²) in [7, 11) is 0. The first-order valence-electron chi connectivity index (χ1n) is 39.0. The summed E-state index contributed by atoms with van der Waals surface area (Å²) in [6.07, 6.45) is 123. The van der Waals surface area contributed by atoms with Crippen molar-refractivity contribution in [3.05, 3.63) is 158 Å². The first kappa shape index (κ1) is 87.5. The zero-order valence-electron chi connectivity index (χ0n) is 60.3. The van der Waals surface area contributed by atoms with Crippen LogP contribution in [0.4, 0.5) is 0 Å². The van der Waals surface area contributed by atoms with E-state index in [1.165, 1.54) is 212 Å². The van der Waals surface area contributed by atoms with Gasteiger partial charge in [-0.25, -0.2) is 0 Å². The molecule has 0 rings (SSSR count). The molecule has 0 aromatic heterocycles. The normalized spacial score (nSPS) is 13.1. The molecule has 0 fully saturated rings. The van der Waals surface area contributed by atoms with E-state index < -0.39 is 6.10 Å². The number of hydrogen-bond donors (Lipinski definition) is 1. The van der Waals surface area contributed by atoms with Crippen LogP contribution in [-0.4, -0.2) is 36.4 Å². The van der Waals surface area contributed by atoms with Gasteiger partial charge >= 0.3 is 11.9 Å². The summed E-state index contributed by atoms with van der Waals surface area (Å²) in [5, 5.41) is 9.73. The van der Waals surface area contributed by atoms with Gasteiger partial charge in [-0.15, -0.1) is 0 Å². The highest BCUT2D eigenvalue weighted by molar-refractivity contribution is 5.70. The van der Waals surface area contributed by atoms with Crippen LogP contribution < -0.4 is 0 Å². The van der Waals surface area contributed by atoms with Gasteiger partial charge in [0.1, 0.15) is 6.61 Å². The Hall–Kier alpha value is -4.48. The standard InChI is InChI=1S/C87H146O5/c1-3-5-7-9-11-13-15-17-19-21-23-25-27-29-31-33-35-37-39-41-42-43-44-46-48-50-52-54-56-58-60-62-64-66-68-70-72-74-76-78-80-82-87(90)92-85(83-88)84-91-86(89)81-79-77-75-73-71-69-67-65-63-61-59-57-55-53-51-49-47-45-40-38-36-34-32-30-28-26-24-22-20-18-16-14-12-10-8-6-4-2/h5-8,11-14,17-20,23-26,29,31,35,37,41-42,44,46,50,52,85,88H,3-4,9-10,15-16,21-22,27-28,30,32-34,36,38-40,43,45,47-49,51,53-84H2,1-2H3/b7-5-,8-6-,13-11-,14-12-,19-17-,20-18-,25-23-,26-24-,31-29-,37-35-,42-41-,46-44-,52-50-. The van der Waals surface area contributed by atoms with Crippen LogP contribution in [0, 0.1) is 0 Å². The summed E-state index contributed by atoms with van der Waals surface area (Å²) in [4.78, 5) is 24.7. The molecule has 0 aliphatic carbocycles. The van der Waals surface area contributed by atoms with E-state index in [1.54, 1.807) is 0 Å². The van der Waals surface area contributed by atoms with Crippen LogP contribution in [-0.2, 0) is 19.1 Å². The number of ether oxygens (including phenoxy) is 2. The van der Waals surface area contributed by atoms with E-state index in [-0.39, 0.29) is 25.2 Å². The van der Waals surface area contributed by atoms with Crippen molar-refractivity contribution in [2.45, 2.75) is 367 Å². The fourth-order valence-corrected chi connectivity index (χ4v) is 11.1. The molecule has 0 bridgehead atoms. The Morgan fingerprint density at radius 2 is 0.435 bits per heavy atom. The number of aliphatic hydroxyl groups is 1. The first-order chi connectivity index (χ1) is 45.6. The Balaban J connectivity index is 3.47. The Labute approximate surface area is 571 Å². The summed E-state index contributed by atoms with van der Waals surface area (Å²) in [6.45, 7) is 3.94. The molecule has 524 valence electrons. The lowest BCUT2D eigenvalue weighted by Gasteiger charge is -2.15. The summed E-state index contributed by atoms with van der Waals surface area (Å²) in [5.74, 6) is -0.583. The minimum atomic E-state index is -0.781. The Bertz CT molecular complexity index is 1930. The van der Waals surface area contributed by atoms with Gasteiger partial charge in [-0.1, -0.05) is 384 Å². The quantitative estimate of drug-likeness (QED) is 0.0373. The molecule has 0 aromatic carbocycles. The predicted octanol–water partition coefficient (Wildman–Crippen LogP) is 27.8. The van der Waals surface area contributed by atoms with E-state index in [9.17, 15) is 14.7 Å². The molecule has 0 aliphatic rings. The van der Waals surface area contributed by atoms with Gasteiger partial charge in [0, 0.05) is 12.8 Å². The van der Waals surface area contributed by atoms with Crippen LogP contribution in [0.3, 0.4) is 0 Å². The zero-order valence-corrected chi connectivity index (χ0v) is 60.3. The number of carbonyl (C=O) groups excluding carboxylic acids is 2. The molecular formula is C87H146O5. The summed E-state index contributed by atoms with van der Waals surface area (Å²) in [6, 6.07) is 0. The molecule has 5 nitrogen and oxygen atoms in total. The van der Waals surface area contributed by atoms with Gasteiger partial charge in [0.05, 0.1) is 6.61 Å². The van der Waals surface area contributed by atoms with Crippen molar-refractivity contribution >= 4 is 11.9 Å². The molecule has 0 aliphatic heterocycles. The molecule has 0 radical (unpaired) electrons. The van der Waals surface area contributed by atoms with Gasteiger partial charge in [-0.05, 0) is 122 Å². The highest BCUT2D eigenvalue weighted by Gasteiger charge is 2.16. The number of esters is 2. The Morgan fingerprint density at radius 3 is 0.652 bits per heavy atom. The number of rotatable bonds is 71. The highest BCUT2D eigenvalue weighted by Crippen LogP contribution is 2.18. The van der Waals surface area contributed by atoms with Crippen LogP contribution in [0.1, 0.15) is 361 Å². The van der Waals surface area contributed by atoms with Gasteiger partial charge < -0.3 is 14.6 Å². The minimum Gasteiger partial charge on any atom is -0.462 e. The molecule has 1 unspecified atom stereocenters. The topological polar surface area (TPSA) is 72.8 Å². The average Bonchev–Trinajstić information content (AvgIpc) is 3.64. The zero-order chi connectivity index (χ0) is 66.1. The number of carbonyl (C=O) groups is 2. The van der Waals surface area contributed by atoms with Crippen molar-refractivity contribution in [3.63, 3.8) is 0 Å². The van der Waals surface area contributed by atoms with Crippen LogP contribution in [0.5, 0.6) is 0 Å². The summed E-state index contributed by atoms with van der Waals surface area (Å²) < 4.78 is 10.8. The number of unbranched alkanes of at least 4 members (excludes halogenated alkanes) is 37. The molecule has 1 atom stereocenters. The molecule has 0 aromatic rings. The van der Waals surface area contributed by atoms with Crippen LogP contribution in [0.25, 0.3) is 0 Å². The van der Waals surface area contributed by atoms with Gasteiger partial charge in [-0.2, -0.15) is 0 Å². The second-order valence-corrected chi connectivity index (χ2v) is 25.7. The SMILES string of the molecule is CC/C=C\C/C=C\C/C=C\C/C=C\C/C=C\C/C=C\C/C=C\C/C=C\C/C=C\CCCCCCCCCCCCCCCC(=O)OC(CO)COC(=O)CCCCCCCCCCCCCCCCCCCCCCCCCC/C=C\C/C=C\C/C=C\C/C=C\CC. The molecular weight excluding hydrogens is 1120 g/mol. The largest absolute Gasteiger partial charge is 0.462 e. The predicted molar refractivity (Wildman–Crippen MR) is 407 cm³/mol. The van der Waals surface area contributed by atoms with Crippen LogP contribution in [0.2, 0.25) is 0 Å². The molecule has 0 amide bonds. The Kier molecular flexibility index (Phi) is 76.8. The van der Waals surface area contributed by atoms with Crippen molar-refractivity contribution in [1.82, 2.24) is 0 Å². The lowest BCUT2D eigenvalue weighted by atomic mass is 10.0. The third-order valence-corrected chi connectivity index (χ3v) is 16.8. The molecule has 0 saturated carbocycles. The van der Waals surface area contributed by atoms with E-state index in [0.29, 0.717) is 12.8 Å². The van der Waals surface area contributed by atoms with E-state index in [1.807, 2.05) is 0 Å². The van der Waals surface area contributed by atoms with Crippen molar-refractivity contribution in [2.24, 2.45) is 0 Å². The lowest BCUT2D eigenvalue weighted by molar-refractivity contribution is -0.161. The van der Waals surface area contributed by atoms with Gasteiger partial charge in [0.25, 0.3) is 0 Å². The maximum atomic E-state index is 12.4. The fraction of sp³-hybridized carbons (Fsp3) is 0.678. The second-order valence-electron chi connectivity index (χ2n) is 25.7. The van der Waals surface area contributed by atoms with Crippen molar-refractivity contribution in [2.75, 3.05) is 13.2 Å². The van der Waals surface area contributed by atoms with Gasteiger partial charge in [0.2, 0.25) is 0 Å². The summed E-state index contributed by atoms with van der Waals surface area (Å²) >= 11 is 0. The Morgan fingerprint density at radius 1 is 0.250 bits per heavy atom. The van der Waals surface area contributed by atoms with Gasteiger partial charge in [0.15, 0.2) is 6.10 Å². The third kappa shape index (κ3) is 78.0. The summed E-state index contributed by atoms with van der Waals surface area (Å²) in [5.41, 5.74) is 0. The highest BCUT2D eigenvalue weighted by atomic mass is 16.6. The van der Waals surface area contributed by atoms with Crippen LogP contribution in [0.15, 0.2) is 158 Å². The molecule has 1 N–H and O–H groups in total. The number of hydrogen-bond acceptors (Lipinski definition) is 5. The third-order valence-electron chi connectivity index (χ3n) is 16.8. The molecule has 0 heterocycles. The lowest BCUT2D eigenvalue weighted by Crippen LogP contribution is -2.28. The maximum absolute atomic E-state index is 12.4. The molecule has 0 spiro atoms. The van der Waals surface area contributed by atoms with Gasteiger partial charge in [-0.3, -0.25) is 9.59 Å². The smallest absolute Gasteiger partial charge is 0.306 e. The fourth-order valence-electron chi connectivity index (χ4n) is 11.1. The van der Waals surface area contributed by atoms with E-state index in [2.05, 4.69) is 172 Å². The maximum Gasteiger partial charge on any atom is 0.306 e. The minimum absolute atomic E-state index is 0.0686. The number of allylic oxidation sites excluding steroid dienone is 26. The van der Waals surface area contributed by atoms with Crippen molar-refractivity contribution < 1.29 is 24.2 Å². The van der Waals surface area contributed by atoms with E-state index in [4.69, 9.17) is 9.47 Å². The van der Waals surface area contributed by atoms with E-state index in [0.717, 1.165) is 122 Å². The molecule has 0 saturated heterocycles. The van der Waals surface area contributed by atoms with E-state index >= 15 is 0 Å².